The molecule has 20 heavy (non-hydrogen) atoms. The summed E-state index contributed by atoms with van der Waals surface area (Å²) in [5.74, 6) is -0.279. The lowest BCUT2D eigenvalue weighted by Gasteiger charge is -2.26. The summed E-state index contributed by atoms with van der Waals surface area (Å²) >= 11 is 0. The van der Waals surface area contributed by atoms with E-state index in [2.05, 4.69) is 15.3 Å². The van der Waals surface area contributed by atoms with Crippen molar-refractivity contribution in [2.24, 2.45) is 0 Å². The van der Waals surface area contributed by atoms with Gasteiger partial charge in [-0.05, 0) is 26.8 Å². The molecule has 2 N–H and O–H groups in total. The van der Waals surface area contributed by atoms with Crippen molar-refractivity contribution in [2.75, 3.05) is 6.54 Å². The minimum Gasteiger partial charge on any atom is -0.481 e. The number of amides is 2. The summed E-state index contributed by atoms with van der Waals surface area (Å²) in [6, 6.07) is 1.36. The van der Waals surface area contributed by atoms with Gasteiger partial charge in [-0.1, -0.05) is 0 Å². The van der Waals surface area contributed by atoms with Gasteiger partial charge in [-0.2, -0.15) is 0 Å². The van der Waals surface area contributed by atoms with Crippen molar-refractivity contribution in [3.05, 3.63) is 23.8 Å². The maximum Gasteiger partial charge on any atom is 0.317 e. The van der Waals surface area contributed by atoms with Gasteiger partial charge in [0, 0.05) is 18.8 Å². The van der Waals surface area contributed by atoms with Gasteiger partial charge in [0.15, 0.2) is 0 Å². The van der Waals surface area contributed by atoms with Crippen LogP contribution in [-0.4, -0.2) is 44.6 Å². The molecule has 1 aromatic heterocycles. The second-order valence-electron chi connectivity index (χ2n) is 4.68. The van der Waals surface area contributed by atoms with Gasteiger partial charge in [-0.3, -0.25) is 4.79 Å². The summed E-state index contributed by atoms with van der Waals surface area (Å²) in [5.41, 5.74) is 0.716. The first kappa shape index (κ1) is 15.9. The topological polar surface area (TPSA) is 95.4 Å². The molecule has 1 heterocycles. The first-order valence-electron chi connectivity index (χ1n) is 6.45. The van der Waals surface area contributed by atoms with E-state index in [9.17, 15) is 9.59 Å². The highest BCUT2D eigenvalue weighted by Crippen LogP contribution is 2.02. The number of urea groups is 1. The Hall–Kier alpha value is -2.18. The van der Waals surface area contributed by atoms with Crippen LogP contribution < -0.4 is 5.32 Å². The third kappa shape index (κ3) is 5.21. The highest BCUT2D eigenvalue weighted by molar-refractivity contribution is 5.75. The summed E-state index contributed by atoms with van der Waals surface area (Å²) in [4.78, 5) is 32.3. The third-order valence-corrected chi connectivity index (χ3v) is 2.71. The highest BCUT2D eigenvalue weighted by Gasteiger charge is 2.17. The van der Waals surface area contributed by atoms with Gasteiger partial charge in [-0.25, -0.2) is 14.8 Å². The predicted molar refractivity (Wildman–Crippen MR) is 73.1 cm³/mol. The first-order valence-corrected chi connectivity index (χ1v) is 6.45. The van der Waals surface area contributed by atoms with Crippen LogP contribution in [0.25, 0.3) is 0 Å². The fourth-order valence-electron chi connectivity index (χ4n) is 1.68. The van der Waals surface area contributed by atoms with Crippen LogP contribution in [0, 0.1) is 6.92 Å². The number of nitrogens with one attached hydrogen (secondary N) is 1. The molecule has 110 valence electrons. The van der Waals surface area contributed by atoms with Gasteiger partial charge in [0.2, 0.25) is 0 Å². The number of hydrogen-bond acceptors (Lipinski definition) is 4. The largest absolute Gasteiger partial charge is 0.481 e. The van der Waals surface area contributed by atoms with Gasteiger partial charge < -0.3 is 15.3 Å². The minimum atomic E-state index is -0.921. The highest BCUT2D eigenvalue weighted by atomic mass is 16.4. The van der Waals surface area contributed by atoms with E-state index in [0.717, 1.165) is 0 Å². The van der Waals surface area contributed by atoms with Crippen molar-refractivity contribution in [3.8, 4) is 0 Å². The lowest BCUT2D eigenvalue weighted by Crippen LogP contribution is -2.44. The van der Waals surface area contributed by atoms with E-state index in [1.165, 1.54) is 4.90 Å². The van der Waals surface area contributed by atoms with Crippen LogP contribution in [0.3, 0.4) is 0 Å². The average Bonchev–Trinajstić information content (AvgIpc) is 2.36. The molecule has 0 aromatic carbocycles. The molecule has 0 saturated carbocycles. The Morgan fingerprint density at radius 2 is 2.15 bits per heavy atom. The van der Waals surface area contributed by atoms with Crippen LogP contribution in [0.2, 0.25) is 0 Å². The maximum absolute atomic E-state index is 12.0. The molecule has 0 spiro atoms. The van der Waals surface area contributed by atoms with Crippen LogP contribution >= 0.6 is 0 Å². The number of aryl methyl sites for hydroxylation is 1. The van der Waals surface area contributed by atoms with Crippen molar-refractivity contribution in [2.45, 2.75) is 39.8 Å². The second-order valence-corrected chi connectivity index (χ2v) is 4.68. The van der Waals surface area contributed by atoms with E-state index < -0.39 is 5.97 Å². The number of carboxylic acids is 1. The van der Waals surface area contributed by atoms with Crippen molar-refractivity contribution < 1.29 is 14.7 Å². The van der Waals surface area contributed by atoms with Crippen LogP contribution in [0.5, 0.6) is 0 Å². The Balaban J connectivity index is 2.55. The number of aromatic nitrogens is 2. The Kier molecular flexibility index (Phi) is 5.89. The number of nitrogens with zero attached hydrogens (tertiary/aromatic N) is 3. The Bertz CT molecular complexity index is 476. The van der Waals surface area contributed by atoms with E-state index in [-0.39, 0.29) is 25.0 Å². The lowest BCUT2D eigenvalue weighted by molar-refractivity contribution is -0.137. The van der Waals surface area contributed by atoms with Crippen molar-refractivity contribution in [1.29, 1.82) is 0 Å². The molecular weight excluding hydrogens is 260 g/mol. The van der Waals surface area contributed by atoms with E-state index >= 15 is 0 Å². The molecule has 2 amide bonds. The number of carbonyl (C=O) groups excluding carboxylic acids is 1. The van der Waals surface area contributed by atoms with Crippen LogP contribution in [0.4, 0.5) is 4.79 Å². The molecule has 0 fully saturated rings. The fourth-order valence-corrected chi connectivity index (χ4v) is 1.68. The number of hydrogen-bond donors (Lipinski definition) is 2. The Labute approximate surface area is 118 Å². The maximum atomic E-state index is 12.0. The Morgan fingerprint density at radius 3 is 2.70 bits per heavy atom. The van der Waals surface area contributed by atoms with Crippen molar-refractivity contribution in [1.82, 2.24) is 20.2 Å². The number of carboxylic acid groups (broad SMARTS) is 1. The molecule has 0 aliphatic carbocycles. The third-order valence-electron chi connectivity index (χ3n) is 2.71. The van der Waals surface area contributed by atoms with Gasteiger partial charge in [0.25, 0.3) is 0 Å². The van der Waals surface area contributed by atoms with E-state index in [1.807, 2.05) is 13.8 Å². The molecular formula is C13H20N4O3. The summed E-state index contributed by atoms with van der Waals surface area (Å²) < 4.78 is 0. The van der Waals surface area contributed by atoms with E-state index in [0.29, 0.717) is 18.1 Å². The molecule has 0 aliphatic rings. The smallest absolute Gasteiger partial charge is 0.317 e. The minimum absolute atomic E-state index is 0.0681. The zero-order chi connectivity index (χ0) is 15.1. The quantitative estimate of drug-likeness (QED) is 0.815. The van der Waals surface area contributed by atoms with Crippen molar-refractivity contribution in [3.63, 3.8) is 0 Å². The van der Waals surface area contributed by atoms with Gasteiger partial charge in [0.05, 0.1) is 18.7 Å². The molecule has 0 radical (unpaired) electrons. The monoisotopic (exact) mass is 280 g/mol. The number of aliphatic carboxylic acids is 1. The predicted octanol–water partition coefficient (Wildman–Crippen LogP) is 1.18. The summed E-state index contributed by atoms with van der Waals surface area (Å²) in [6.07, 6.45) is 1.56. The summed E-state index contributed by atoms with van der Waals surface area (Å²) in [5, 5.41) is 11.4. The molecule has 7 heteroatoms. The zero-order valence-electron chi connectivity index (χ0n) is 12.0. The van der Waals surface area contributed by atoms with Crippen LogP contribution in [0.15, 0.2) is 12.3 Å². The molecule has 0 atom stereocenters. The van der Waals surface area contributed by atoms with E-state index in [4.69, 9.17) is 5.11 Å². The molecule has 7 nitrogen and oxygen atoms in total. The van der Waals surface area contributed by atoms with Crippen LogP contribution in [0.1, 0.15) is 31.8 Å². The fraction of sp³-hybridized carbons (Fsp3) is 0.538. The summed E-state index contributed by atoms with van der Waals surface area (Å²) in [6.45, 7) is 5.94. The number of rotatable bonds is 6. The lowest BCUT2D eigenvalue weighted by atomic mass is 10.3. The normalized spacial score (nSPS) is 10.4. The molecule has 0 aliphatic heterocycles. The SMILES string of the molecule is Cc1nccc(CNC(=O)N(CCC(=O)O)C(C)C)n1. The Morgan fingerprint density at radius 1 is 1.45 bits per heavy atom. The molecule has 1 aromatic rings. The standard InChI is InChI=1S/C13H20N4O3/c1-9(2)17(7-5-12(18)19)13(20)15-8-11-4-6-14-10(3)16-11/h4,6,9H,5,7-8H2,1-3H3,(H,15,20)(H,18,19). The number of carbonyl (C=O) groups is 2. The van der Waals surface area contributed by atoms with Crippen LogP contribution in [-0.2, 0) is 11.3 Å². The van der Waals surface area contributed by atoms with Gasteiger partial charge in [0.1, 0.15) is 5.82 Å². The summed E-state index contributed by atoms with van der Waals surface area (Å²) in [7, 11) is 0. The average molecular weight is 280 g/mol. The zero-order valence-corrected chi connectivity index (χ0v) is 12.0. The molecule has 0 unspecified atom stereocenters. The molecule has 1 rings (SSSR count). The molecule has 0 bridgehead atoms. The first-order chi connectivity index (χ1) is 9.40. The molecule has 0 saturated heterocycles. The van der Waals surface area contributed by atoms with Crippen molar-refractivity contribution >= 4 is 12.0 Å². The van der Waals surface area contributed by atoms with Gasteiger partial charge >= 0.3 is 12.0 Å². The second kappa shape index (κ2) is 7.42. The van der Waals surface area contributed by atoms with Gasteiger partial charge in [-0.15, -0.1) is 0 Å². The van der Waals surface area contributed by atoms with E-state index in [1.54, 1.807) is 19.2 Å².